The number of aliphatic hydroxyl groups excluding tert-OH is 1. The predicted molar refractivity (Wildman–Crippen MR) is 445 cm³/mol. The van der Waals surface area contributed by atoms with Crippen LogP contribution >= 0.6 is 63.9 Å². The van der Waals surface area contributed by atoms with Crippen molar-refractivity contribution in [2.24, 2.45) is 55.5 Å². The lowest BCUT2D eigenvalue weighted by atomic mass is 9.61. The number of aliphatic hydroxyl groups is 1. The fraction of sp³-hybridized carbons (Fsp3) is 0.647. The summed E-state index contributed by atoms with van der Waals surface area (Å²) in [4.78, 5) is 57.2. The number of thioether (sulfide) groups is 1. The number of fused-ring (bicyclic) bond motifs is 9. The molecule has 0 radical (unpaired) electrons. The lowest BCUT2D eigenvalue weighted by Crippen LogP contribution is -2.56. The van der Waals surface area contributed by atoms with Crippen LogP contribution in [0.5, 0.6) is 0 Å². The molecule has 3 amide bonds. The van der Waals surface area contributed by atoms with Gasteiger partial charge in [-0.3, -0.25) is 24.2 Å². The smallest absolute Gasteiger partial charge is 0.262 e. The van der Waals surface area contributed by atoms with E-state index in [1.807, 2.05) is 7.11 Å². The van der Waals surface area contributed by atoms with Gasteiger partial charge in [0.15, 0.2) is 32.9 Å². The zero-order valence-electron chi connectivity index (χ0n) is 65.0. The summed E-state index contributed by atoms with van der Waals surface area (Å²) in [6, 6.07) is 19.6. The average molecular weight is 1650 g/mol. The lowest BCUT2D eigenvalue weighted by Gasteiger charge is -2.46. The second kappa shape index (κ2) is 36.7. The molecule has 7 unspecified atom stereocenters. The van der Waals surface area contributed by atoms with Crippen LogP contribution in [-0.4, -0.2) is 124 Å². The number of rotatable bonds is 10. The molecule has 3 aromatic rings. The summed E-state index contributed by atoms with van der Waals surface area (Å²) in [5, 5.41) is 15.6. The van der Waals surface area contributed by atoms with Gasteiger partial charge in [-0.25, -0.2) is 9.98 Å². The SMILES string of the molecule is CCC(C)Br.CCC(C)N1C(=O)C2(N=C1N)c1cc(C#CC3CC3)ccc1CC21CCC(OC)CC1.CCC(C)SC1=NC2(C(=O)N1C(C)CC)c1cc(C#CC3CC3)ccc1CC21CCC(OC)CC1.CCO.CN.COC1CCC2(CC1)Cc1ccc(C#CC3CC3)cc1C21NC(=S)NC1=O.I.N. The molecule has 1 saturated heterocycles. The number of nitrogens with two attached hydrogens (primary N) is 2. The Labute approximate surface area is 663 Å². The molecule has 3 aromatic carbocycles. The molecule has 6 saturated carbocycles. The maximum absolute atomic E-state index is 14.7. The van der Waals surface area contributed by atoms with Crippen LogP contribution < -0.4 is 28.3 Å². The number of amides is 3. The fourth-order valence-electron chi connectivity index (χ4n) is 17.4. The molecule has 7 atom stereocenters. The number of benzene rings is 3. The Morgan fingerprint density at radius 1 is 0.581 bits per heavy atom. The van der Waals surface area contributed by atoms with Crippen molar-refractivity contribution in [3.05, 3.63) is 105 Å². The third kappa shape index (κ3) is 17.2. The molecule has 574 valence electrons. The minimum Gasteiger partial charge on any atom is -0.397 e. The van der Waals surface area contributed by atoms with Crippen molar-refractivity contribution in [3.63, 3.8) is 0 Å². The van der Waals surface area contributed by atoms with Gasteiger partial charge >= 0.3 is 0 Å². The number of guanidine groups is 1. The van der Waals surface area contributed by atoms with Crippen molar-refractivity contribution in [1.82, 2.24) is 26.6 Å². The van der Waals surface area contributed by atoms with Crippen LogP contribution in [-0.2, 0) is 64.5 Å². The highest BCUT2D eigenvalue weighted by molar-refractivity contribution is 14.0. The Balaban J connectivity index is 0.000000186. The van der Waals surface area contributed by atoms with Gasteiger partial charge in [-0.2, -0.15) is 0 Å². The predicted octanol–water partition coefficient (Wildman–Crippen LogP) is 15.3. The van der Waals surface area contributed by atoms with Crippen LogP contribution in [0.15, 0.2) is 64.6 Å². The monoisotopic (exact) mass is 1650 g/mol. The number of alkyl halides is 1. The number of nitrogens with one attached hydrogen (secondary N) is 2. The first-order chi connectivity index (χ1) is 49.5. The second-order valence-corrected chi connectivity index (χ2v) is 34.5. The van der Waals surface area contributed by atoms with E-state index in [2.05, 4.69) is 183 Å². The standard InChI is InChI=1S/C30H40N2O2S.C26H33N3O2.C22H24N2O2S.C4H9Br.C2H6O.CH5N.HI.H3N/c1-6-20(3)32-27(33)30(31-28(32)35-21(4)7-2)26-18-23(11-10-22-8-9-22)12-13-24(26)19-29(30)16-14-25(34-5)15-17-29;1-4-17(2)29-23(30)26(28-24(29)27)22-15-19(8-7-18-5-6-18)9-10-20(22)16-25(26)13-11-21(31-3)12-14-25;1-26-17-8-10-21(11-9-17)13-16-7-6-15(5-4-14-2-3-14)12-18(16)22(21)19(25)23-20(27)24-22;1-3-4(2)5;1-2-3;1-2;;/h12-13,18,20-22,25H,6-9,14-17,19H2,1-5H3;9-10,15,17-18,21H,4-6,11-14,16H2,1-3H3,(H2,27,28);6-7,12,14,17H,2-3,8-11,13H2,1H3,(H2,23,24,25,27);4H,3H2,1-2H3;3H,2H2,1H3;2H2,1H3;1H;1H3. The number of nitrogens with zero attached hydrogens (tertiary/aromatic N) is 4. The highest BCUT2D eigenvalue weighted by atomic mass is 127. The van der Waals surface area contributed by atoms with Crippen LogP contribution in [0.4, 0.5) is 0 Å². The first-order valence-corrected chi connectivity index (χ1v) is 41.0. The van der Waals surface area contributed by atoms with Crippen LogP contribution in [0, 0.1) is 69.5 Å². The number of aliphatic imine (C=N–C) groups is 2. The summed E-state index contributed by atoms with van der Waals surface area (Å²) >= 11 is 10.5. The van der Waals surface area contributed by atoms with E-state index in [0.717, 1.165) is 154 Å². The molecule has 10 N–H and O–H groups in total. The van der Waals surface area contributed by atoms with E-state index < -0.39 is 16.6 Å². The van der Waals surface area contributed by atoms with Crippen LogP contribution in [0.2, 0.25) is 0 Å². The van der Waals surface area contributed by atoms with Crippen molar-refractivity contribution in [2.75, 3.05) is 35.0 Å². The molecule has 12 aliphatic rings. The Morgan fingerprint density at radius 2 is 0.933 bits per heavy atom. The van der Waals surface area contributed by atoms with Gasteiger partial charge in [0.25, 0.3) is 17.7 Å². The molecule has 16 nitrogen and oxygen atoms in total. The summed E-state index contributed by atoms with van der Waals surface area (Å²) in [5.41, 5.74) is 17.8. The number of ether oxygens (including phenoxy) is 3. The van der Waals surface area contributed by atoms with Crippen molar-refractivity contribution >= 4 is 97.8 Å². The van der Waals surface area contributed by atoms with E-state index in [1.165, 1.54) is 68.7 Å². The van der Waals surface area contributed by atoms with Crippen LogP contribution in [0.1, 0.15) is 254 Å². The number of hydrogen-bond acceptors (Lipinski definition) is 14. The van der Waals surface area contributed by atoms with Gasteiger partial charge in [0, 0.05) is 101 Å². The first-order valence-electron chi connectivity index (χ1n) is 38.8. The van der Waals surface area contributed by atoms with Gasteiger partial charge in [-0.15, -0.1) is 24.0 Å². The number of thiocarbonyl (C=S) groups is 1. The van der Waals surface area contributed by atoms with Crippen molar-refractivity contribution in [3.8, 4) is 35.5 Å². The van der Waals surface area contributed by atoms with Gasteiger partial charge in [0.1, 0.15) is 0 Å². The first kappa shape index (κ1) is 85.7. The van der Waals surface area contributed by atoms with Crippen molar-refractivity contribution in [1.29, 1.82) is 0 Å². The molecule has 105 heavy (non-hydrogen) atoms. The third-order valence-corrected chi connectivity index (χ3v) is 26.6. The molecule has 15 rings (SSSR count). The highest BCUT2D eigenvalue weighted by Gasteiger charge is 2.70. The molecule has 9 aliphatic carbocycles. The molecule has 3 heterocycles. The Kier molecular flexibility index (Phi) is 30.0. The van der Waals surface area contributed by atoms with E-state index >= 15 is 0 Å². The van der Waals surface area contributed by atoms with Crippen LogP contribution in [0.3, 0.4) is 0 Å². The van der Waals surface area contributed by atoms with Crippen molar-refractivity contribution in [2.45, 2.75) is 280 Å². The van der Waals surface area contributed by atoms with E-state index in [1.54, 1.807) is 37.8 Å². The second-order valence-electron chi connectivity index (χ2n) is 31.1. The quantitative estimate of drug-likeness (QED) is 0.0480. The summed E-state index contributed by atoms with van der Waals surface area (Å²) in [5.74, 6) is 22.5. The molecule has 7 fully saturated rings. The van der Waals surface area contributed by atoms with Crippen LogP contribution in [0.25, 0.3) is 0 Å². The van der Waals surface area contributed by atoms with Crippen molar-refractivity contribution < 1.29 is 33.7 Å². The van der Waals surface area contributed by atoms with Gasteiger partial charge < -0.3 is 47.6 Å². The number of halogens is 2. The topological polar surface area (TPSA) is 241 Å². The minimum atomic E-state index is -0.925. The maximum Gasteiger partial charge on any atom is 0.262 e. The van der Waals surface area contributed by atoms with Gasteiger partial charge in [0.2, 0.25) is 0 Å². The Bertz CT molecular complexity index is 3840. The molecule has 3 aliphatic heterocycles. The minimum absolute atomic E-state index is 0. The number of hydrogen-bond donors (Lipinski definition) is 6. The zero-order valence-corrected chi connectivity index (χ0v) is 70.6. The van der Waals surface area contributed by atoms with E-state index in [0.29, 0.717) is 38.9 Å². The van der Waals surface area contributed by atoms with Gasteiger partial charge in [0.05, 0.1) is 18.3 Å². The molecular formula is C85H121BrIN9O7S2. The summed E-state index contributed by atoms with van der Waals surface area (Å²) < 4.78 is 17.0. The Hall–Kier alpha value is -4.90. The lowest BCUT2D eigenvalue weighted by molar-refractivity contribution is -0.140. The van der Waals surface area contributed by atoms with Gasteiger partial charge in [-0.1, -0.05) is 123 Å². The number of carbonyl (C=O) groups is 3. The number of amidine groups is 1. The van der Waals surface area contributed by atoms with E-state index in [4.69, 9.17) is 47.3 Å². The molecule has 0 bridgehead atoms. The molecular weight excluding hydrogens is 1530 g/mol. The summed E-state index contributed by atoms with van der Waals surface area (Å²) in [6.45, 7) is 19.2. The molecule has 0 aromatic heterocycles. The fourth-order valence-corrected chi connectivity index (χ4v) is 18.8. The Morgan fingerprint density at radius 3 is 1.29 bits per heavy atom. The molecule has 6 spiro atoms. The summed E-state index contributed by atoms with van der Waals surface area (Å²) in [6.07, 6.45) is 26.3. The van der Waals surface area contributed by atoms with Gasteiger partial charge in [-0.05, 0) is 270 Å². The highest BCUT2D eigenvalue weighted by Crippen LogP contribution is 2.65. The zero-order chi connectivity index (χ0) is 74.2. The molecule has 20 heteroatoms. The normalized spacial score (nSPS) is 29.8. The number of carbonyl (C=O) groups excluding carboxylic acids is 3. The maximum atomic E-state index is 14.7. The largest absolute Gasteiger partial charge is 0.397 e. The third-order valence-electron chi connectivity index (χ3n) is 24.5. The van der Waals surface area contributed by atoms with E-state index in [9.17, 15) is 14.4 Å². The summed E-state index contributed by atoms with van der Waals surface area (Å²) in [7, 11) is 6.88. The van der Waals surface area contributed by atoms with E-state index in [-0.39, 0.29) is 101 Å². The number of methoxy groups -OCH3 is 3. The average Bonchev–Trinajstić information content (AvgIpc) is 1.53.